The molecule has 0 aliphatic carbocycles. The van der Waals surface area contributed by atoms with E-state index in [4.69, 9.17) is 32.7 Å². The standard InChI is InChI=1S/C17H15Cl2NO3/c1-17(2,10-6-7-13-14(8-10)23-9-22-13)16(21)20-15-11(18)4-3-5-12(15)19/h3-8H,9H2,1-2H3,(H,20,21). The van der Waals surface area contributed by atoms with E-state index in [1.54, 1.807) is 24.3 Å². The van der Waals surface area contributed by atoms with Crippen LogP contribution in [0.5, 0.6) is 11.5 Å². The Balaban J connectivity index is 1.88. The maximum absolute atomic E-state index is 12.7. The van der Waals surface area contributed by atoms with Gasteiger partial charge < -0.3 is 14.8 Å². The lowest BCUT2D eigenvalue weighted by atomic mass is 9.83. The molecule has 1 N–H and O–H groups in total. The molecule has 1 aliphatic heterocycles. The Hall–Kier alpha value is -1.91. The van der Waals surface area contributed by atoms with Gasteiger partial charge in [0, 0.05) is 0 Å². The van der Waals surface area contributed by atoms with Crippen LogP contribution in [0.25, 0.3) is 0 Å². The Bertz CT molecular complexity index is 754. The minimum Gasteiger partial charge on any atom is -0.454 e. The molecule has 4 nitrogen and oxygen atoms in total. The SMILES string of the molecule is CC(C)(C(=O)Nc1c(Cl)cccc1Cl)c1ccc2c(c1)OCO2. The van der Waals surface area contributed by atoms with Crippen LogP contribution in [0.4, 0.5) is 5.69 Å². The number of hydrogen-bond acceptors (Lipinski definition) is 3. The van der Waals surface area contributed by atoms with Crippen molar-refractivity contribution in [2.45, 2.75) is 19.3 Å². The topological polar surface area (TPSA) is 47.6 Å². The maximum Gasteiger partial charge on any atom is 0.234 e. The van der Waals surface area contributed by atoms with Gasteiger partial charge in [0.15, 0.2) is 11.5 Å². The van der Waals surface area contributed by atoms with Crippen LogP contribution in [0, 0.1) is 0 Å². The van der Waals surface area contributed by atoms with E-state index in [1.165, 1.54) is 0 Å². The first-order valence-corrected chi connectivity index (χ1v) is 7.81. The summed E-state index contributed by atoms with van der Waals surface area (Å²) in [5.74, 6) is 1.10. The Morgan fingerprint density at radius 3 is 2.43 bits per heavy atom. The highest BCUT2D eigenvalue weighted by molar-refractivity contribution is 6.39. The van der Waals surface area contributed by atoms with Crippen LogP contribution in [0.15, 0.2) is 36.4 Å². The van der Waals surface area contributed by atoms with Gasteiger partial charge in [0.1, 0.15) is 0 Å². The fourth-order valence-corrected chi connectivity index (χ4v) is 2.80. The fourth-order valence-electron chi connectivity index (χ4n) is 2.30. The number of rotatable bonds is 3. The number of para-hydroxylation sites is 1. The summed E-state index contributed by atoms with van der Waals surface area (Å²) >= 11 is 12.2. The number of nitrogens with one attached hydrogen (secondary N) is 1. The molecule has 6 heteroatoms. The van der Waals surface area contributed by atoms with Crippen molar-refractivity contribution in [1.29, 1.82) is 0 Å². The normalized spacial score (nSPS) is 13.0. The van der Waals surface area contributed by atoms with Crippen LogP contribution in [0.1, 0.15) is 19.4 Å². The highest BCUT2D eigenvalue weighted by Crippen LogP contribution is 2.37. The lowest BCUT2D eigenvalue weighted by Crippen LogP contribution is -2.34. The number of fused-ring (bicyclic) bond motifs is 1. The molecule has 0 atom stereocenters. The van der Waals surface area contributed by atoms with E-state index in [1.807, 2.05) is 26.0 Å². The third-order valence-electron chi connectivity index (χ3n) is 3.86. The molecule has 1 amide bonds. The first kappa shape index (κ1) is 16.0. The molecule has 23 heavy (non-hydrogen) atoms. The third-order valence-corrected chi connectivity index (χ3v) is 4.49. The van der Waals surface area contributed by atoms with Gasteiger partial charge in [0.2, 0.25) is 12.7 Å². The van der Waals surface area contributed by atoms with Crippen molar-refractivity contribution in [3.05, 3.63) is 52.0 Å². The summed E-state index contributed by atoms with van der Waals surface area (Å²) in [4.78, 5) is 12.7. The molecule has 2 aromatic rings. The Kier molecular flexibility index (Phi) is 4.13. The average Bonchev–Trinajstić information content (AvgIpc) is 2.98. The first-order chi connectivity index (χ1) is 10.9. The van der Waals surface area contributed by atoms with Crippen molar-refractivity contribution >= 4 is 34.8 Å². The van der Waals surface area contributed by atoms with Gasteiger partial charge in [-0.3, -0.25) is 4.79 Å². The van der Waals surface area contributed by atoms with Crippen molar-refractivity contribution < 1.29 is 14.3 Å². The molecule has 0 aromatic heterocycles. The number of halogens is 2. The smallest absolute Gasteiger partial charge is 0.234 e. The average molecular weight is 352 g/mol. The molecule has 2 aromatic carbocycles. The molecule has 0 bridgehead atoms. The van der Waals surface area contributed by atoms with E-state index in [0.717, 1.165) is 5.56 Å². The Morgan fingerprint density at radius 1 is 1.09 bits per heavy atom. The monoisotopic (exact) mass is 351 g/mol. The summed E-state index contributed by atoms with van der Waals surface area (Å²) < 4.78 is 10.7. The minimum atomic E-state index is -0.802. The van der Waals surface area contributed by atoms with Crippen LogP contribution in [0.2, 0.25) is 10.0 Å². The van der Waals surface area contributed by atoms with E-state index in [2.05, 4.69) is 5.32 Å². The zero-order chi connectivity index (χ0) is 16.6. The molecule has 120 valence electrons. The fraction of sp³-hybridized carbons (Fsp3) is 0.235. The number of benzene rings is 2. The maximum atomic E-state index is 12.7. The Labute approximate surface area is 144 Å². The molecular weight excluding hydrogens is 337 g/mol. The van der Waals surface area contributed by atoms with Crippen molar-refractivity contribution in [1.82, 2.24) is 0 Å². The van der Waals surface area contributed by atoms with Crippen LogP contribution in [-0.4, -0.2) is 12.7 Å². The largest absolute Gasteiger partial charge is 0.454 e. The quantitative estimate of drug-likeness (QED) is 0.876. The van der Waals surface area contributed by atoms with Crippen molar-refractivity contribution in [2.24, 2.45) is 0 Å². The van der Waals surface area contributed by atoms with Crippen molar-refractivity contribution in [3.63, 3.8) is 0 Å². The minimum absolute atomic E-state index is 0.195. The van der Waals surface area contributed by atoms with Crippen LogP contribution >= 0.6 is 23.2 Å². The summed E-state index contributed by atoms with van der Waals surface area (Å²) in [6, 6.07) is 10.5. The number of carbonyl (C=O) groups excluding carboxylic acids is 1. The van der Waals surface area contributed by atoms with Gasteiger partial charge in [0.25, 0.3) is 0 Å². The second kappa shape index (κ2) is 5.95. The lowest BCUT2D eigenvalue weighted by Gasteiger charge is -2.25. The van der Waals surface area contributed by atoms with Gasteiger partial charge >= 0.3 is 0 Å². The summed E-state index contributed by atoms with van der Waals surface area (Å²) in [7, 11) is 0. The molecule has 0 spiro atoms. The lowest BCUT2D eigenvalue weighted by molar-refractivity contribution is -0.120. The van der Waals surface area contributed by atoms with Gasteiger partial charge in [0.05, 0.1) is 21.1 Å². The molecule has 1 heterocycles. The number of amides is 1. The van der Waals surface area contributed by atoms with Crippen LogP contribution in [-0.2, 0) is 10.2 Å². The highest BCUT2D eigenvalue weighted by atomic mass is 35.5. The summed E-state index contributed by atoms with van der Waals surface area (Å²) in [5.41, 5.74) is 0.417. The van der Waals surface area contributed by atoms with Crippen molar-refractivity contribution in [2.75, 3.05) is 12.1 Å². The van der Waals surface area contributed by atoms with E-state index in [-0.39, 0.29) is 12.7 Å². The molecule has 0 saturated carbocycles. The van der Waals surface area contributed by atoms with Gasteiger partial charge in [-0.05, 0) is 43.7 Å². The second-order valence-corrected chi connectivity index (χ2v) is 6.56. The predicted octanol–water partition coefficient (Wildman–Crippen LogP) is 4.64. The van der Waals surface area contributed by atoms with Gasteiger partial charge in [-0.25, -0.2) is 0 Å². The second-order valence-electron chi connectivity index (χ2n) is 5.74. The molecule has 0 unspecified atom stereocenters. The highest BCUT2D eigenvalue weighted by Gasteiger charge is 2.32. The zero-order valence-electron chi connectivity index (χ0n) is 12.7. The van der Waals surface area contributed by atoms with Crippen LogP contribution < -0.4 is 14.8 Å². The first-order valence-electron chi connectivity index (χ1n) is 7.05. The van der Waals surface area contributed by atoms with Gasteiger partial charge in [-0.1, -0.05) is 35.3 Å². The van der Waals surface area contributed by atoms with E-state index < -0.39 is 5.41 Å². The van der Waals surface area contributed by atoms with Crippen LogP contribution in [0.3, 0.4) is 0 Å². The molecule has 0 saturated heterocycles. The number of ether oxygens (including phenoxy) is 2. The van der Waals surface area contributed by atoms with E-state index >= 15 is 0 Å². The molecule has 1 aliphatic rings. The molecular formula is C17H15Cl2NO3. The van der Waals surface area contributed by atoms with Gasteiger partial charge in [-0.2, -0.15) is 0 Å². The summed E-state index contributed by atoms with van der Waals surface area (Å²) in [6.07, 6.45) is 0. The summed E-state index contributed by atoms with van der Waals surface area (Å²) in [6.45, 7) is 3.84. The Morgan fingerprint density at radius 2 is 1.74 bits per heavy atom. The number of anilines is 1. The number of hydrogen-bond donors (Lipinski definition) is 1. The summed E-state index contributed by atoms with van der Waals surface area (Å²) in [5, 5.41) is 3.60. The molecule has 0 radical (unpaired) electrons. The van der Waals surface area contributed by atoms with E-state index in [9.17, 15) is 4.79 Å². The van der Waals surface area contributed by atoms with Crippen molar-refractivity contribution in [3.8, 4) is 11.5 Å². The molecule has 3 rings (SSSR count). The zero-order valence-corrected chi connectivity index (χ0v) is 14.2. The van der Waals surface area contributed by atoms with Gasteiger partial charge in [-0.15, -0.1) is 0 Å². The molecule has 0 fully saturated rings. The predicted molar refractivity (Wildman–Crippen MR) is 90.7 cm³/mol. The number of carbonyl (C=O) groups is 1. The van der Waals surface area contributed by atoms with E-state index in [0.29, 0.717) is 27.2 Å². The third kappa shape index (κ3) is 2.96.